The van der Waals surface area contributed by atoms with Crippen LogP contribution in [0.1, 0.15) is 37.2 Å². The third-order valence-corrected chi connectivity index (χ3v) is 3.33. The monoisotopic (exact) mass is 245 g/mol. The third-order valence-electron chi connectivity index (χ3n) is 3.33. The standard InChI is InChI=1S/C12H19NO2.ClH/c1-10-3-4-11(15-10)9-13-12(7-8-14)5-2-6-12;/h3-4,13-14H,2,5-9H2,1H3;1H. The maximum Gasteiger partial charge on any atom is 0.117 e. The van der Waals surface area contributed by atoms with E-state index in [0.29, 0.717) is 0 Å². The molecule has 1 aliphatic carbocycles. The molecular formula is C12H20ClNO2. The average Bonchev–Trinajstić information content (AvgIpc) is 2.56. The first-order chi connectivity index (χ1) is 7.24. The summed E-state index contributed by atoms with van der Waals surface area (Å²) in [5, 5.41) is 12.5. The Hall–Kier alpha value is -0.510. The summed E-state index contributed by atoms with van der Waals surface area (Å²) in [5.41, 5.74) is 0.176. The number of aliphatic hydroxyl groups excluding tert-OH is 1. The fourth-order valence-corrected chi connectivity index (χ4v) is 2.19. The van der Waals surface area contributed by atoms with E-state index in [0.717, 1.165) is 24.5 Å². The molecule has 2 N–H and O–H groups in total. The molecule has 1 aromatic rings. The summed E-state index contributed by atoms with van der Waals surface area (Å²) in [6.45, 7) is 2.99. The molecule has 92 valence electrons. The molecule has 1 aromatic heterocycles. The SMILES string of the molecule is Cc1ccc(CNC2(CCO)CCC2)o1.Cl. The molecule has 2 rings (SSSR count). The van der Waals surface area contributed by atoms with Gasteiger partial charge in [-0.3, -0.25) is 0 Å². The van der Waals surface area contributed by atoms with Crippen molar-refractivity contribution < 1.29 is 9.52 Å². The first-order valence-corrected chi connectivity index (χ1v) is 5.65. The van der Waals surface area contributed by atoms with Gasteiger partial charge in [-0.1, -0.05) is 0 Å². The summed E-state index contributed by atoms with van der Waals surface area (Å²) in [5.74, 6) is 1.94. The lowest BCUT2D eigenvalue weighted by Crippen LogP contribution is -2.51. The zero-order chi connectivity index (χ0) is 10.7. The second kappa shape index (κ2) is 5.71. The van der Waals surface area contributed by atoms with Crippen molar-refractivity contribution in [2.24, 2.45) is 0 Å². The van der Waals surface area contributed by atoms with Crippen molar-refractivity contribution in [2.45, 2.75) is 44.7 Å². The molecule has 1 heterocycles. The van der Waals surface area contributed by atoms with Gasteiger partial charge in [0.15, 0.2) is 0 Å². The Morgan fingerprint density at radius 1 is 1.44 bits per heavy atom. The lowest BCUT2D eigenvalue weighted by molar-refractivity contribution is 0.127. The molecule has 1 saturated carbocycles. The fourth-order valence-electron chi connectivity index (χ4n) is 2.19. The van der Waals surface area contributed by atoms with E-state index >= 15 is 0 Å². The maximum absolute atomic E-state index is 9.00. The Morgan fingerprint density at radius 3 is 2.62 bits per heavy atom. The lowest BCUT2D eigenvalue weighted by atomic mass is 9.74. The Bertz CT molecular complexity index is 321. The van der Waals surface area contributed by atoms with Crippen LogP contribution < -0.4 is 5.32 Å². The minimum atomic E-state index is 0. The van der Waals surface area contributed by atoms with Crippen molar-refractivity contribution in [2.75, 3.05) is 6.61 Å². The van der Waals surface area contributed by atoms with Crippen molar-refractivity contribution in [3.05, 3.63) is 23.7 Å². The van der Waals surface area contributed by atoms with Crippen molar-refractivity contribution in [1.29, 1.82) is 0 Å². The normalized spacial score (nSPS) is 17.6. The van der Waals surface area contributed by atoms with Crippen LogP contribution in [0.2, 0.25) is 0 Å². The molecule has 1 fully saturated rings. The van der Waals surface area contributed by atoms with Gasteiger partial charge >= 0.3 is 0 Å². The Kier molecular flexibility index (Phi) is 4.84. The van der Waals surface area contributed by atoms with Gasteiger partial charge in [0.2, 0.25) is 0 Å². The number of hydrogen-bond acceptors (Lipinski definition) is 3. The van der Waals surface area contributed by atoms with Crippen LogP contribution in [-0.4, -0.2) is 17.3 Å². The van der Waals surface area contributed by atoms with Crippen molar-refractivity contribution >= 4 is 12.4 Å². The van der Waals surface area contributed by atoms with E-state index < -0.39 is 0 Å². The average molecular weight is 246 g/mol. The molecule has 1 aliphatic rings. The van der Waals surface area contributed by atoms with Crippen LogP contribution in [0.3, 0.4) is 0 Å². The summed E-state index contributed by atoms with van der Waals surface area (Å²) < 4.78 is 5.50. The maximum atomic E-state index is 9.00. The lowest BCUT2D eigenvalue weighted by Gasteiger charge is -2.42. The highest BCUT2D eigenvalue weighted by Gasteiger charge is 2.35. The summed E-state index contributed by atoms with van der Waals surface area (Å²) in [6, 6.07) is 3.99. The van der Waals surface area contributed by atoms with Gasteiger partial charge in [0.25, 0.3) is 0 Å². The molecule has 16 heavy (non-hydrogen) atoms. The van der Waals surface area contributed by atoms with Crippen LogP contribution in [0.25, 0.3) is 0 Å². The van der Waals surface area contributed by atoms with E-state index in [-0.39, 0.29) is 24.6 Å². The first-order valence-electron chi connectivity index (χ1n) is 5.65. The van der Waals surface area contributed by atoms with Gasteiger partial charge in [0, 0.05) is 12.1 Å². The smallest absolute Gasteiger partial charge is 0.117 e. The predicted molar refractivity (Wildman–Crippen MR) is 65.8 cm³/mol. The molecule has 0 amide bonds. The van der Waals surface area contributed by atoms with Gasteiger partial charge in [-0.15, -0.1) is 12.4 Å². The van der Waals surface area contributed by atoms with Crippen LogP contribution in [0.5, 0.6) is 0 Å². The number of hydrogen-bond donors (Lipinski definition) is 2. The number of nitrogens with one attached hydrogen (secondary N) is 1. The number of aryl methyl sites for hydroxylation is 1. The van der Waals surface area contributed by atoms with E-state index in [1.807, 2.05) is 19.1 Å². The topological polar surface area (TPSA) is 45.4 Å². The molecule has 3 nitrogen and oxygen atoms in total. The Labute approximate surface area is 103 Å². The van der Waals surface area contributed by atoms with Gasteiger partial charge in [-0.05, 0) is 44.7 Å². The van der Waals surface area contributed by atoms with E-state index in [4.69, 9.17) is 9.52 Å². The molecule has 0 saturated heterocycles. The highest BCUT2D eigenvalue weighted by atomic mass is 35.5. The Balaban J connectivity index is 0.00000128. The molecule has 0 aromatic carbocycles. The molecule has 0 unspecified atom stereocenters. The number of furan rings is 1. The van der Waals surface area contributed by atoms with Gasteiger partial charge in [-0.25, -0.2) is 0 Å². The highest BCUT2D eigenvalue weighted by molar-refractivity contribution is 5.85. The Morgan fingerprint density at radius 2 is 2.19 bits per heavy atom. The van der Waals surface area contributed by atoms with Crippen molar-refractivity contribution in [3.8, 4) is 0 Å². The number of halogens is 1. The largest absolute Gasteiger partial charge is 0.465 e. The van der Waals surface area contributed by atoms with E-state index in [2.05, 4.69) is 5.32 Å². The second-order valence-corrected chi connectivity index (χ2v) is 4.47. The quantitative estimate of drug-likeness (QED) is 0.838. The van der Waals surface area contributed by atoms with Crippen molar-refractivity contribution in [1.82, 2.24) is 5.32 Å². The van der Waals surface area contributed by atoms with Gasteiger partial charge in [0.1, 0.15) is 11.5 Å². The molecule has 4 heteroatoms. The van der Waals surface area contributed by atoms with Crippen LogP contribution in [-0.2, 0) is 6.54 Å². The minimum absolute atomic E-state index is 0. The third kappa shape index (κ3) is 3.00. The zero-order valence-electron chi connectivity index (χ0n) is 9.66. The summed E-state index contributed by atoms with van der Waals surface area (Å²) in [7, 11) is 0. The molecule has 0 aliphatic heterocycles. The molecule has 0 atom stereocenters. The van der Waals surface area contributed by atoms with E-state index in [9.17, 15) is 0 Å². The molecule has 0 spiro atoms. The van der Waals surface area contributed by atoms with Crippen LogP contribution in [0.4, 0.5) is 0 Å². The zero-order valence-corrected chi connectivity index (χ0v) is 10.5. The van der Waals surface area contributed by atoms with Crippen LogP contribution in [0.15, 0.2) is 16.5 Å². The second-order valence-electron chi connectivity index (χ2n) is 4.47. The highest BCUT2D eigenvalue weighted by Crippen LogP contribution is 2.34. The summed E-state index contributed by atoms with van der Waals surface area (Å²) in [6.07, 6.45) is 4.47. The fraction of sp³-hybridized carbons (Fsp3) is 0.667. The predicted octanol–water partition coefficient (Wildman–Crippen LogP) is 2.40. The van der Waals surface area contributed by atoms with Gasteiger partial charge in [0.05, 0.1) is 6.54 Å². The van der Waals surface area contributed by atoms with Crippen LogP contribution >= 0.6 is 12.4 Å². The van der Waals surface area contributed by atoms with Gasteiger partial charge in [-0.2, -0.15) is 0 Å². The van der Waals surface area contributed by atoms with Crippen molar-refractivity contribution in [3.63, 3.8) is 0 Å². The van der Waals surface area contributed by atoms with E-state index in [1.54, 1.807) is 0 Å². The molecule has 0 bridgehead atoms. The minimum Gasteiger partial charge on any atom is -0.465 e. The van der Waals surface area contributed by atoms with E-state index in [1.165, 1.54) is 19.3 Å². The van der Waals surface area contributed by atoms with Crippen LogP contribution in [0, 0.1) is 6.92 Å². The molecule has 0 radical (unpaired) electrons. The summed E-state index contributed by atoms with van der Waals surface area (Å²) in [4.78, 5) is 0. The molecular weight excluding hydrogens is 226 g/mol. The number of rotatable bonds is 5. The van der Waals surface area contributed by atoms with Gasteiger partial charge < -0.3 is 14.8 Å². The summed E-state index contributed by atoms with van der Waals surface area (Å²) >= 11 is 0. The first kappa shape index (κ1) is 13.6. The number of aliphatic hydroxyl groups is 1.